The normalized spacial score (nSPS) is 10.4. The molecule has 0 saturated heterocycles. The maximum absolute atomic E-state index is 12.3. The first-order valence-corrected chi connectivity index (χ1v) is 7.97. The summed E-state index contributed by atoms with van der Waals surface area (Å²) in [6.07, 6.45) is 1.93. The first-order valence-electron chi connectivity index (χ1n) is 5.62. The molecule has 0 atom stereocenters. The summed E-state index contributed by atoms with van der Waals surface area (Å²) in [7, 11) is 0. The molecule has 0 bridgehead atoms. The van der Waals surface area contributed by atoms with Crippen LogP contribution < -0.4 is 5.32 Å². The summed E-state index contributed by atoms with van der Waals surface area (Å²) in [5, 5.41) is 3.79. The van der Waals surface area contributed by atoms with E-state index in [2.05, 4.69) is 5.32 Å². The van der Waals surface area contributed by atoms with Gasteiger partial charge >= 0.3 is 0 Å². The predicted octanol–water partition coefficient (Wildman–Crippen LogP) is 5.62. The Hall–Kier alpha value is -0.870. The molecular weight excluding hydrogens is 337 g/mol. The molecular formula is C14H10Cl3NOS. The summed E-state index contributed by atoms with van der Waals surface area (Å²) in [4.78, 5) is 13.2. The summed E-state index contributed by atoms with van der Waals surface area (Å²) in [5.41, 5.74) is 0.851. The molecule has 0 unspecified atom stereocenters. The number of carbonyl (C=O) groups excluding carboxylic acids is 1. The minimum absolute atomic E-state index is 0.305. The molecule has 2 nitrogen and oxygen atoms in total. The summed E-state index contributed by atoms with van der Waals surface area (Å²) in [6.45, 7) is 0. The van der Waals surface area contributed by atoms with E-state index in [1.165, 1.54) is 11.8 Å². The van der Waals surface area contributed by atoms with Crippen molar-refractivity contribution >= 4 is 58.2 Å². The third-order valence-electron chi connectivity index (χ3n) is 2.62. The van der Waals surface area contributed by atoms with E-state index in [1.807, 2.05) is 12.3 Å². The zero-order valence-corrected chi connectivity index (χ0v) is 13.5. The maximum atomic E-state index is 12.3. The van der Waals surface area contributed by atoms with Gasteiger partial charge in [0.1, 0.15) is 0 Å². The molecule has 0 saturated carbocycles. The lowest BCUT2D eigenvalue weighted by molar-refractivity contribution is 0.102. The Balaban J connectivity index is 2.30. The highest BCUT2D eigenvalue weighted by atomic mass is 35.5. The van der Waals surface area contributed by atoms with Crippen molar-refractivity contribution in [2.45, 2.75) is 4.90 Å². The van der Waals surface area contributed by atoms with Crippen LogP contribution in [0.25, 0.3) is 0 Å². The first-order chi connectivity index (χ1) is 9.52. The Bertz CT molecular complexity index is 661. The SMILES string of the molecule is CSc1ccc(Cl)c(C(=O)Nc2cccc(Cl)c2Cl)c1. The molecule has 6 heteroatoms. The van der Waals surface area contributed by atoms with Crippen LogP contribution >= 0.6 is 46.6 Å². The van der Waals surface area contributed by atoms with Crippen molar-refractivity contribution in [2.75, 3.05) is 11.6 Å². The number of hydrogen-bond donors (Lipinski definition) is 1. The van der Waals surface area contributed by atoms with Gasteiger partial charge in [-0.25, -0.2) is 0 Å². The van der Waals surface area contributed by atoms with Crippen LogP contribution in [-0.2, 0) is 0 Å². The van der Waals surface area contributed by atoms with Crippen LogP contribution in [0.1, 0.15) is 10.4 Å². The lowest BCUT2D eigenvalue weighted by atomic mass is 10.2. The largest absolute Gasteiger partial charge is 0.321 e. The van der Waals surface area contributed by atoms with Gasteiger partial charge in [0.15, 0.2) is 0 Å². The van der Waals surface area contributed by atoms with Crippen LogP contribution in [0.4, 0.5) is 5.69 Å². The van der Waals surface area contributed by atoms with Gasteiger partial charge in [0.05, 0.1) is 26.3 Å². The lowest BCUT2D eigenvalue weighted by Crippen LogP contribution is -2.13. The topological polar surface area (TPSA) is 29.1 Å². The Morgan fingerprint density at radius 3 is 2.55 bits per heavy atom. The molecule has 104 valence electrons. The summed E-state index contributed by atoms with van der Waals surface area (Å²) >= 11 is 19.5. The van der Waals surface area contributed by atoms with Crippen LogP contribution in [-0.4, -0.2) is 12.2 Å². The zero-order chi connectivity index (χ0) is 14.7. The molecule has 0 spiro atoms. The molecule has 0 aliphatic rings. The van der Waals surface area contributed by atoms with Gasteiger partial charge in [-0.3, -0.25) is 4.79 Å². The van der Waals surface area contributed by atoms with Crippen molar-refractivity contribution in [3.63, 3.8) is 0 Å². The standard InChI is InChI=1S/C14H10Cl3NOS/c1-20-8-5-6-10(15)9(7-8)14(19)18-12-4-2-3-11(16)13(12)17/h2-7H,1H3,(H,18,19). The second-order valence-electron chi connectivity index (χ2n) is 3.90. The maximum Gasteiger partial charge on any atom is 0.257 e. The number of halogens is 3. The summed E-state index contributed by atoms with van der Waals surface area (Å²) in [6, 6.07) is 10.3. The number of anilines is 1. The average Bonchev–Trinajstić information content (AvgIpc) is 2.44. The third kappa shape index (κ3) is 3.41. The molecule has 0 fully saturated rings. The van der Waals surface area contributed by atoms with Crippen molar-refractivity contribution < 1.29 is 4.79 Å². The highest BCUT2D eigenvalue weighted by Crippen LogP contribution is 2.30. The second-order valence-corrected chi connectivity index (χ2v) is 5.97. The molecule has 1 N–H and O–H groups in total. The van der Waals surface area contributed by atoms with Gasteiger partial charge in [-0.05, 0) is 36.6 Å². The summed E-state index contributed by atoms with van der Waals surface area (Å²) in [5.74, 6) is -0.324. The number of hydrogen-bond acceptors (Lipinski definition) is 2. The fourth-order valence-corrected chi connectivity index (χ4v) is 2.59. The number of amides is 1. The van der Waals surface area contributed by atoms with Crippen LogP contribution in [0, 0.1) is 0 Å². The molecule has 0 heterocycles. The Labute approximate surface area is 136 Å². The Morgan fingerprint density at radius 2 is 1.85 bits per heavy atom. The first kappa shape index (κ1) is 15.5. The van der Waals surface area contributed by atoms with Gasteiger partial charge in [-0.2, -0.15) is 0 Å². The van der Waals surface area contributed by atoms with E-state index < -0.39 is 0 Å². The van der Waals surface area contributed by atoms with Crippen LogP contribution in [0.3, 0.4) is 0 Å². The molecule has 20 heavy (non-hydrogen) atoms. The number of rotatable bonds is 3. The molecule has 2 aromatic carbocycles. The van der Waals surface area contributed by atoms with Crippen LogP contribution in [0.2, 0.25) is 15.1 Å². The van der Waals surface area contributed by atoms with E-state index in [4.69, 9.17) is 34.8 Å². The van der Waals surface area contributed by atoms with Crippen molar-refractivity contribution in [1.82, 2.24) is 0 Å². The molecule has 1 amide bonds. The molecule has 0 aliphatic carbocycles. The quantitative estimate of drug-likeness (QED) is 0.731. The van der Waals surface area contributed by atoms with Crippen molar-refractivity contribution in [3.8, 4) is 0 Å². The van der Waals surface area contributed by atoms with E-state index >= 15 is 0 Å². The van der Waals surface area contributed by atoms with Gasteiger partial charge in [0, 0.05) is 4.90 Å². The van der Waals surface area contributed by atoms with Crippen LogP contribution in [0.5, 0.6) is 0 Å². The van der Waals surface area contributed by atoms with E-state index in [0.29, 0.717) is 26.3 Å². The smallest absolute Gasteiger partial charge is 0.257 e. The van der Waals surface area contributed by atoms with Crippen molar-refractivity contribution in [3.05, 3.63) is 57.0 Å². The molecule has 2 rings (SSSR count). The minimum Gasteiger partial charge on any atom is -0.321 e. The molecule has 2 aromatic rings. The number of nitrogens with one attached hydrogen (secondary N) is 1. The van der Waals surface area contributed by atoms with Gasteiger partial charge in [0.25, 0.3) is 5.91 Å². The minimum atomic E-state index is -0.324. The lowest BCUT2D eigenvalue weighted by Gasteiger charge is -2.10. The van der Waals surface area contributed by atoms with E-state index in [1.54, 1.807) is 30.3 Å². The van der Waals surface area contributed by atoms with Gasteiger partial charge in [-0.1, -0.05) is 40.9 Å². The fourth-order valence-electron chi connectivity index (χ4n) is 1.60. The fraction of sp³-hybridized carbons (Fsp3) is 0.0714. The predicted molar refractivity (Wildman–Crippen MR) is 87.6 cm³/mol. The van der Waals surface area contributed by atoms with Gasteiger partial charge < -0.3 is 5.32 Å². The highest BCUT2D eigenvalue weighted by molar-refractivity contribution is 7.98. The highest BCUT2D eigenvalue weighted by Gasteiger charge is 2.13. The van der Waals surface area contributed by atoms with E-state index in [9.17, 15) is 4.79 Å². The second kappa shape index (κ2) is 6.72. The monoisotopic (exact) mass is 345 g/mol. The van der Waals surface area contributed by atoms with Crippen molar-refractivity contribution in [1.29, 1.82) is 0 Å². The van der Waals surface area contributed by atoms with Gasteiger partial charge in [0.2, 0.25) is 0 Å². The Kier molecular flexibility index (Phi) is 5.22. The molecule has 0 radical (unpaired) electrons. The van der Waals surface area contributed by atoms with Gasteiger partial charge in [-0.15, -0.1) is 11.8 Å². The van der Waals surface area contributed by atoms with E-state index in [-0.39, 0.29) is 5.91 Å². The number of benzene rings is 2. The zero-order valence-electron chi connectivity index (χ0n) is 10.4. The average molecular weight is 347 g/mol. The third-order valence-corrected chi connectivity index (χ3v) is 4.49. The molecule has 0 aromatic heterocycles. The number of thioether (sulfide) groups is 1. The van der Waals surface area contributed by atoms with Crippen molar-refractivity contribution in [2.24, 2.45) is 0 Å². The Morgan fingerprint density at radius 1 is 1.10 bits per heavy atom. The van der Waals surface area contributed by atoms with E-state index in [0.717, 1.165) is 4.90 Å². The molecule has 0 aliphatic heterocycles. The number of carbonyl (C=O) groups is 1. The van der Waals surface area contributed by atoms with Crippen LogP contribution in [0.15, 0.2) is 41.3 Å². The summed E-state index contributed by atoms with van der Waals surface area (Å²) < 4.78 is 0.